The Morgan fingerprint density at radius 2 is 2.06 bits per heavy atom. The van der Waals surface area contributed by atoms with Crippen LogP contribution in [0, 0.1) is 0 Å². The molecule has 3 nitrogen and oxygen atoms in total. The van der Waals surface area contributed by atoms with Gasteiger partial charge >= 0.3 is 0 Å². The van der Waals surface area contributed by atoms with Crippen molar-refractivity contribution in [3.63, 3.8) is 0 Å². The molecule has 0 radical (unpaired) electrons. The van der Waals surface area contributed by atoms with E-state index in [1.807, 2.05) is 6.08 Å². The fourth-order valence-electron chi connectivity index (χ4n) is 2.30. The van der Waals surface area contributed by atoms with E-state index < -0.39 is 0 Å². The number of hydrogen-bond acceptors (Lipinski definition) is 3. The third-order valence-electron chi connectivity index (χ3n) is 3.72. The quantitative estimate of drug-likeness (QED) is 0.397. The van der Waals surface area contributed by atoms with Crippen molar-refractivity contribution in [2.45, 2.75) is 56.7 Å². The topological polar surface area (TPSA) is 36.1 Å². The first kappa shape index (κ1) is 13.1. The lowest BCUT2D eigenvalue weighted by molar-refractivity contribution is 0.346. The van der Waals surface area contributed by atoms with E-state index in [9.17, 15) is 0 Å². The van der Waals surface area contributed by atoms with Gasteiger partial charge in [0.2, 0.25) is 0 Å². The maximum Gasteiger partial charge on any atom is 0.0317 e. The van der Waals surface area contributed by atoms with Gasteiger partial charge in [0.05, 0.1) is 0 Å². The van der Waals surface area contributed by atoms with Gasteiger partial charge in [0, 0.05) is 31.2 Å². The van der Waals surface area contributed by atoms with Crippen molar-refractivity contribution in [3.05, 3.63) is 12.7 Å². The van der Waals surface area contributed by atoms with Crippen molar-refractivity contribution in [2.24, 2.45) is 0 Å². The van der Waals surface area contributed by atoms with E-state index in [0.29, 0.717) is 6.04 Å². The molecule has 3 heteroatoms. The van der Waals surface area contributed by atoms with E-state index in [1.165, 1.54) is 32.1 Å². The first-order valence-corrected chi connectivity index (χ1v) is 7.19. The van der Waals surface area contributed by atoms with Gasteiger partial charge in [-0.05, 0) is 45.1 Å². The maximum absolute atomic E-state index is 3.80. The molecule has 0 aromatic carbocycles. The highest BCUT2D eigenvalue weighted by molar-refractivity contribution is 4.86. The monoisotopic (exact) mass is 237 g/mol. The molecule has 2 aliphatic rings. The van der Waals surface area contributed by atoms with Gasteiger partial charge in [-0.25, -0.2) is 0 Å². The summed E-state index contributed by atoms with van der Waals surface area (Å²) in [4.78, 5) is 0. The molecule has 3 N–H and O–H groups in total. The summed E-state index contributed by atoms with van der Waals surface area (Å²) in [5.74, 6) is 0. The zero-order chi connectivity index (χ0) is 11.9. The summed E-state index contributed by atoms with van der Waals surface area (Å²) in [6, 6.07) is 2.27. The Morgan fingerprint density at radius 1 is 1.24 bits per heavy atom. The second kappa shape index (κ2) is 7.14. The normalized spacial score (nSPS) is 22.1. The van der Waals surface area contributed by atoms with E-state index in [2.05, 4.69) is 22.5 Å². The van der Waals surface area contributed by atoms with Crippen LogP contribution in [0.2, 0.25) is 0 Å². The summed E-state index contributed by atoms with van der Waals surface area (Å²) in [5.41, 5.74) is 0. The smallest absolute Gasteiger partial charge is 0.0317 e. The van der Waals surface area contributed by atoms with E-state index in [4.69, 9.17) is 0 Å². The summed E-state index contributed by atoms with van der Waals surface area (Å²) < 4.78 is 0. The average molecular weight is 237 g/mol. The standard InChI is InChI=1S/C14H27N3/c1-2-3-4-5-12(17-13-6-7-13)8-9-16-14-10-15-11-14/h2,12-17H,1,3-11H2. The fraction of sp³-hybridized carbons (Fsp3) is 0.857. The molecular formula is C14H27N3. The molecular weight excluding hydrogens is 210 g/mol. The summed E-state index contributed by atoms with van der Waals surface area (Å²) in [5, 5.41) is 10.7. The lowest BCUT2D eigenvalue weighted by Crippen LogP contribution is -2.55. The van der Waals surface area contributed by atoms with Gasteiger partial charge in [-0.15, -0.1) is 6.58 Å². The summed E-state index contributed by atoms with van der Waals surface area (Å²) in [7, 11) is 0. The minimum Gasteiger partial charge on any atom is -0.314 e. The Bertz CT molecular complexity index is 222. The summed E-state index contributed by atoms with van der Waals surface area (Å²) in [6.45, 7) is 7.25. The molecule has 98 valence electrons. The van der Waals surface area contributed by atoms with Crippen LogP contribution in [-0.2, 0) is 0 Å². The molecule has 0 aromatic rings. The number of rotatable bonds is 10. The molecule has 17 heavy (non-hydrogen) atoms. The Hall–Kier alpha value is -0.380. The maximum atomic E-state index is 3.80. The molecule has 1 unspecified atom stereocenters. The number of allylic oxidation sites excluding steroid dienone is 1. The van der Waals surface area contributed by atoms with Crippen LogP contribution in [0.15, 0.2) is 12.7 Å². The molecule has 2 fully saturated rings. The van der Waals surface area contributed by atoms with Gasteiger partial charge in [0.1, 0.15) is 0 Å². The van der Waals surface area contributed by atoms with Gasteiger partial charge in [-0.1, -0.05) is 6.08 Å². The van der Waals surface area contributed by atoms with Gasteiger partial charge in [-0.2, -0.15) is 0 Å². The third-order valence-corrected chi connectivity index (χ3v) is 3.72. The van der Waals surface area contributed by atoms with Gasteiger partial charge in [0.15, 0.2) is 0 Å². The first-order valence-electron chi connectivity index (χ1n) is 7.19. The second-order valence-electron chi connectivity index (χ2n) is 5.46. The molecule has 0 spiro atoms. The van der Waals surface area contributed by atoms with Crippen LogP contribution in [0.25, 0.3) is 0 Å². The van der Waals surface area contributed by atoms with Crippen molar-refractivity contribution in [3.8, 4) is 0 Å². The number of nitrogens with one attached hydrogen (secondary N) is 3. The highest BCUT2D eigenvalue weighted by Crippen LogP contribution is 2.21. The van der Waals surface area contributed by atoms with E-state index >= 15 is 0 Å². The zero-order valence-electron chi connectivity index (χ0n) is 10.9. The van der Waals surface area contributed by atoms with Crippen molar-refractivity contribution in [1.82, 2.24) is 16.0 Å². The largest absolute Gasteiger partial charge is 0.314 e. The molecule has 1 atom stereocenters. The van der Waals surface area contributed by atoms with E-state index in [0.717, 1.165) is 38.1 Å². The third kappa shape index (κ3) is 5.19. The van der Waals surface area contributed by atoms with Crippen LogP contribution >= 0.6 is 0 Å². The minimum atomic E-state index is 0.711. The van der Waals surface area contributed by atoms with Crippen LogP contribution in [0.1, 0.15) is 38.5 Å². The Balaban J connectivity index is 1.56. The molecule has 0 amide bonds. The van der Waals surface area contributed by atoms with Crippen LogP contribution in [0.4, 0.5) is 0 Å². The summed E-state index contributed by atoms with van der Waals surface area (Å²) >= 11 is 0. The van der Waals surface area contributed by atoms with Crippen molar-refractivity contribution in [2.75, 3.05) is 19.6 Å². The Morgan fingerprint density at radius 3 is 2.65 bits per heavy atom. The Kier molecular flexibility index (Phi) is 5.49. The average Bonchev–Trinajstić information content (AvgIpc) is 3.05. The highest BCUT2D eigenvalue weighted by Gasteiger charge is 2.24. The zero-order valence-corrected chi connectivity index (χ0v) is 10.9. The van der Waals surface area contributed by atoms with E-state index in [-0.39, 0.29) is 0 Å². The molecule has 1 saturated heterocycles. The number of unbranched alkanes of at least 4 members (excludes halogenated alkanes) is 1. The van der Waals surface area contributed by atoms with Crippen LogP contribution in [-0.4, -0.2) is 37.8 Å². The number of hydrogen-bond donors (Lipinski definition) is 3. The van der Waals surface area contributed by atoms with Crippen LogP contribution < -0.4 is 16.0 Å². The van der Waals surface area contributed by atoms with Crippen LogP contribution in [0.5, 0.6) is 0 Å². The highest BCUT2D eigenvalue weighted by atomic mass is 15.1. The molecule has 2 rings (SSSR count). The van der Waals surface area contributed by atoms with Gasteiger partial charge in [0.25, 0.3) is 0 Å². The predicted molar refractivity (Wildman–Crippen MR) is 73.3 cm³/mol. The predicted octanol–water partition coefficient (Wildman–Crippen LogP) is 1.41. The molecule has 1 saturated carbocycles. The van der Waals surface area contributed by atoms with E-state index in [1.54, 1.807) is 0 Å². The lowest BCUT2D eigenvalue weighted by Gasteiger charge is -2.29. The lowest BCUT2D eigenvalue weighted by atomic mass is 10.1. The van der Waals surface area contributed by atoms with Crippen molar-refractivity contribution >= 4 is 0 Å². The molecule has 1 aliphatic carbocycles. The van der Waals surface area contributed by atoms with Gasteiger partial charge < -0.3 is 16.0 Å². The molecule has 0 aromatic heterocycles. The van der Waals surface area contributed by atoms with Gasteiger partial charge in [-0.3, -0.25) is 0 Å². The molecule has 1 heterocycles. The minimum absolute atomic E-state index is 0.711. The van der Waals surface area contributed by atoms with Crippen molar-refractivity contribution in [1.29, 1.82) is 0 Å². The first-order chi connectivity index (χ1) is 8.38. The molecule has 1 aliphatic heterocycles. The summed E-state index contributed by atoms with van der Waals surface area (Å²) in [6.07, 6.45) is 9.81. The SMILES string of the molecule is C=CCCCC(CCNC1CNC1)NC1CC1. The van der Waals surface area contributed by atoms with Crippen LogP contribution in [0.3, 0.4) is 0 Å². The molecule has 0 bridgehead atoms. The second-order valence-corrected chi connectivity index (χ2v) is 5.46. The fourth-order valence-corrected chi connectivity index (χ4v) is 2.30. The van der Waals surface area contributed by atoms with Crippen molar-refractivity contribution < 1.29 is 0 Å². The Labute approximate surface area is 105 Å².